The summed E-state index contributed by atoms with van der Waals surface area (Å²) in [7, 11) is 0. The van der Waals surface area contributed by atoms with Crippen LogP contribution in [-0.4, -0.2) is 0 Å². The van der Waals surface area contributed by atoms with Gasteiger partial charge in [0, 0.05) is 5.56 Å². The lowest BCUT2D eigenvalue weighted by Gasteiger charge is -2.14. The normalized spacial score (nSPS) is 17.3. The Morgan fingerprint density at radius 1 is 1.14 bits per heavy atom. The predicted molar refractivity (Wildman–Crippen MR) is 56.7 cm³/mol. The number of hydrogen-bond acceptors (Lipinski definition) is 2. The van der Waals surface area contributed by atoms with Gasteiger partial charge < -0.3 is 0 Å². The maximum atomic E-state index is 4.05. The summed E-state index contributed by atoms with van der Waals surface area (Å²) in [5, 5.41) is 8.00. The minimum absolute atomic E-state index is 1.01. The lowest BCUT2D eigenvalue weighted by molar-refractivity contribution is 1.13. The molecule has 2 heteroatoms. The Kier molecular flexibility index (Phi) is 1.60. The predicted octanol–water partition coefficient (Wildman–Crippen LogP) is 3.96. The highest BCUT2D eigenvalue weighted by atomic mass is 15.2. The molecule has 0 amide bonds. The van der Waals surface area contributed by atoms with Crippen LogP contribution in [0.3, 0.4) is 0 Å². The maximum absolute atomic E-state index is 4.05. The number of allylic oxidation sites excluding steroid dienone is 4. The maximum Gasteiger partial charge on any atom is 0.121 e. The highest BCUT2D eigenvalue weighted by molar-refractivity contribution is 5.87. The van der Waals surface area contributed by atoms with E-state index in [9.17, 15) is 0 Å². The molecule has 1 aliphatic heterocycles. The highest BCUT2D eigenvalue weighted by Gasteiger charge is 2.15. The molecule has 2 nitrogen and oxygen atoms in total. The van der Waals surface area contributed by atoms with Crippen molar-refractivity contribution in [3.05, 3.63) is 48.4 Å². The molecule has 1 heterocycles. The van der Waals surface area contributed by atoms with Crippen LogP contribution in [0, 0.1) is 6.42 Å². The SMILES string of the molecule is [CH]1C=CC(c2cccc3c2N=N3)=CC1. The van der Waals surface area contributed by atoms with Gasteiger partial charge in [0.25, 0.3) is 0 Å². The van der Waals surface area contributed by atoms with Gasteiger partial charge in [0.15, 0.2) is 0 Å². The Balaban J connectivity index is 2.10. The fourth-order valence-corrected chi connectivity index (χ4v) is 1.72. The molecule has 1 aromatic carbocycles. The second kappa shape index (κ2) is 2.91. The molecular formula is C12H9N2. The van der Waals surface area contributed by atoms with E-state index in [0.717, 1.165) is 17.8 Å². The van der Waals surface area contributed by atoms with Gasteiger partial charge in [-0.2, -0.15) is 0 Å². The zero-order chi connectivity index (χ0) is 9.38. The second-order valence-electron chi connectivity index (χ2n) is 3.36. The van der Waals surface area contributed by atoms with E-state index in [1.807, 2.05) is 12.1 Å². The molecule has 1 radical (unpaired) electrons. The van der Waals surface area contributed by atoms with Crippen molar-refractivity contribution in [2.75, 3.05) is 0 Å². The topological polar surface area (TPSA) is 24.7 Å². The lowest BCUT2D eigenvalue weighted by atomic mass is 9.97. The standard InChI is InChI=1S/C12H9N2/c1-2-5-9(6-3-1)10-7-4-8-11-12(10)14-13-11/h1-2,4-8H,3H2. The van der Waals surface area contributed by atoms with Gasteiger partial charge in [0.05, 0.1) is 0 Å². The molecule has 0 fully saturated rings. The molecule has 0 spiro atoms. The van der Waals surface area contributed by atoms with E-state index >= 15 is 0 Å². The second-order valence-corrected chi connectivity index (χ2v) is 3.36. The summed E-state index contributed by atoms with van der Waals surface area (Å²) in [4.78, 5) is 0. The summed E-state index contributed by atoms with van der Waals surface area (Å²) < 4.78 is 0. The van der Waals surface area contributed by atoms with Crippen LogP contribution in [0.2, 0.25) is 0 Å². The molecule has 0 unspecified atom stereocenters. The molecule has 0 saturated heterocycles. The van der Waals surface area contributed by atoms with E-state index in [1.54, 1.807) is 0 Å². The number of hydrogen-bond donors (Lipinski definition) is 0. The van der Waals surface area contributed by atoms with Crippen molar-refractivity contribution in [3.8, 4) is 0 Å². The van der Waals surface area contributed by atoms with Crippen LogP contribution in [-0.2, 0) is 0 Å². The molecule has 67 valence electrons. The van der Waals surface area contributed by atoms with E-state index in [2.05, 4.69) is 40.9 Å². The van der Waals surface area contributed by atoms with Crippen molar-refractivity contribution < 1.29 is 0 Å². The van der Waals surface area contributed by atoms with Gasteiger partial charge in [-0.1, -0.05) is 30.4 Å². The van der Waals surface area contributed by atoms with Crippen LogP contribution in [0.5, 0.6) is 0 Å². The molecular weight excluding hydrogens is 172 g/mol. The largest absolute Gasteiger partial charge is 0.148 e. The number of azo groups is 1. The minimum Gasteiger partial charge on any atom is -0.148 e. The van der Waals surface area contributed by atoms with E-state index in [0.29, 0.717) is 0 Å². The van der Waals surface area contributed by atoms with Crippen molar-refractivity contribution in [2.24, 2.45) is 10.2 Å². The van der Waals surface area contributed by atoms with Gasteiger partial charge in [-0.05, 0) is 24.5 Å². The Labute approximate surface area is 82.7 Å². The monoisotopic (exact) mass is 181 g/mol. The third kappa shape index (κ3) is 1.04. The van der Waals surface area contributed by atoms with Gasteiger partial charge in [-0.25, -0.2) is 0 Å². The fraction of sp³-hybridized carbons (Fsp3) is 0.0833. The zero-order valence-electron chi connectivity index (χ0n) is 7.64. The summed E-state index contributed by atoms with van der Waals surface area (Å²) in [6.45, 7) is 0. The molecule has 1 aliphatic carbocycles. The summed E-state index contributed by atoms with van der Waals surface area (Å²) in [5.41, 5.74) is 4.49. The summed E-state index contributed by atoms with van der Waals surface area (Å²) in [6, 6.07) is 6.11. The first-order valence-electron chi connectivity index (χ1n) is 4.70. The van der Waals surface area contributed by atoms with Crippen LogP contribution in [0.4, 0.5) is 11.4 Å². The molecule has 2 aliphatic rings. The molecule has 0 saturated carbocycles. The van der Waals surface area contributed by atoms with Gasteiger partial charge >= 0.3 is 0 Å². The number of rotatable bonds is 1. The number of fused-ring (bicyclic) bond motifs is 1. The molecule has 0 N–H and O–H groups in total. The van der Waals surface area contributed by atoms with Gasteiger partial charge in [0.2, 0.25) is 0 Å². The molecule has 1 aromatic rings. The first-order chi connectivity index (χ1) is 6.95. The number of benzene rings is 1. The van der Waals surface area contributed by atoms with Crippen molar-refractivity contribution >= 4 is 16.9 Å². The Hall–Kier alpha value is -1.70. The van der Waals surface area contributed by atoms with Crippen molar-refractivity contribution in [2.45, 2.75) is 6.42 Å². The third-order valence-corrected chi connectivity index (χ3v) is 2.47. The first-order valence-corrected chi connectivity index (χ1v) is 4.70. The Morgan fingerprint density at radius 3 is 2.86 bits per heavy atom. The van der Waals surface area contributed by atoms with Crippen LogP contribution < -0.4 is 0 Å². The number of nitrogens with zero attached hydrogens (tertiary/aromatic N) is 2. The van der Waals surface area contributed by atoms with Crippen LogP contribution in [0.1, 0.15) is 12.0 Å². The molecule has 0 atom stereocenters. The fourth-order valence-electron chi connectivity index (χ4n) is 1.72. The van der Waals surface area contributed by atoms with Gasteiger partial charge in [-0.3, -0.25) is 0 Å². The first kappa shape index (κ1) is 7.68. The van der Waals surface area contributed by atoms with E-state index < -0.39 is 0 Å². The van der Waals surface area contributed by atoms with Crippen LogP contribution >= 0.6 is 0 Å². The van der Waals surface area contributed by atoms with Gasteiger partial charge in [0.1, 0.15) is 11.4 Å². The molecule has 14 heavy (non-hydrogen) atoms. The van der Waals surface area contributed by atoms with Crippen molar-refractivity contribution in [1.29, 1.82) is 0 Å². The summed E-state index contributed by atoms with van der Waals surface area (Å²) in [6.07, 6.45) is 9.56. The third-order valence-electron chi connectivity index (χ3n) is 2.47. The van der Waals surface area contributed by atoms with E-state index in [-0.39, 0.29) is 0 Å². The van der Waals surface area contributed by atoms with Crippen molar-refractivity contribution in [1.82, 2.24) is 0 Å². The van der Waals surface area contributed by atoms with Crippen LogP contribution in [0.15, 0.2) is 46.7 Å². The van der Waals surface area contributed by atoms with Crippen LogP contribution in [0.25, 0.3) is 5.57 Å². The summed E-state index contributed by atoms with van der Waals surface area (Å²) in [5.74, 6) is 0. The van der Waals surface area contributed by atoms with E-state index in [4.69, 9.17) is 0 Å². The lowest BCUT2D eigenvalue weighted by Crippen LogP contribution is -1.89. The van der Waals surface area contributed by atoms with E-state index in [1.165, 1.54) is 11.1 Å². The van der Waals surface area contributed by atoms with Gasteiger partial charge in [-0.15, -0.1) is 10.2 Å². The quantitative estimate of drug-likeness (QED) is 0.636. The average molecular weight is 181 g/mol. The van der Waals surface area contributed by atoms with Crippen molar-refractivity contribution in [3.63, 3.8) is 0 Å². The minimum atomic E-state index is 1.01. The molecule has 0 bridgehead atoms. The Morgan fingerprint density at radius 2 is 2.14 bits per heavy atom. The zero-order valence-corrected chi connectivity index (χ0v) is 7.64. The summed E-state index contributed by atoms with van der Waals surface area (Å²) >= 11 is 0. The highest BCUT2D eigenvalue weighted by Crippen LogP contribution is 2.43. The average Bonchev–Trinajstić information content (AvgIpc) is 2.21. The smallest absolute Gasteiger partial charge is 0.121 e. The Bertz CT molecular complexity index is 467. The molecule has 0 aromatic heterocycles. The molecule has 3 rings (SSSR count).